The van der Waals surface area contributed by atoms with E-state index in [0.29, 0.717) is 18.4 Å². The number of hydrogen-bond donors (Lipinski definition) is 1. The highest BCUT2D eigenvalue weighted by atomic mass is 16.2. The molecule has 2 aliphatic heterocycles. The van der Waals surface area contributed by atoms with Crippen LogP contribution in [0.5, 0.6) is 0 Å². The van der Waals surface area contributed by atoms with Crippen molar-refractivity contribution in [2.75, 3.05) is 29.4 Å². The van der Waals surface area contributed by atoms with Gasteiger partial charge in [-0.05, 0) is 106 Å². The van der Waals surface area contributed by atoms with Gasteiger partial charge in [0.2, 0.25) is 11.8 Å². The maximum Gasteiger partial charge on any atom is 0.227 e. The van der Waals surface area contributed by atoms with Crippen LogP contribution in [0.3, 0.4) is 0 Å². The van der Waals surface area contributed by atoms with Gasteiger partial charge in [0.15, 0.2) is 0 Å². The van der Waals surface area contributed by atoms with Crippen molar-refractivity contribution in [2.24, 2.45) is 29.1 Å². The molecule has 2 atom stereocenters. The Morgan fingerprint density at radius 3 is 2.12 bits per heavy atom. The fourth-order valence-corrected chi connectivity index (χ4v) is 8.14. The number of carbonyl (C=O) groups excluding carboxylic acids is 2. The van der Waals surface area contributed by atoms with Crippen LogP contribution in [-0.2, 0) is 9.59 Å². The summed E-state index contributed by atoms with van der Waals surface area (Å²) in [6, 6.07) is 8.55. The predicted octanol–water partition coefficient (Wildman–Crippen LogP) is 4.36. The summed E-state index contributed by atoms with van der Waals surface area (Å²) in [6.45, 7) is 4.97. The lowest BCUT2D eigenvalue weighted by atomic mass is 9.48. The minimum Gasteiger partial charge on any atom is -0.372 e. The molecular weight excluding hydrogens is 398 g/mol. The first-order valence-electron chi connectivity index (χ1n) is 12.9. The molecule has 2 amide bonds. The first-order valence-corrected chi connectivity index (χ1v) is 12.9. The molecule has 6 fully saturated rings. The summed E-state index contributed by atoms with van der Waals surface area (Å²) >= 11 is 0. The molecule has 4 aliphatic carbocycles. The number of hydrogen-bond acceptors (Lipinski definition) is 3. The van der Waals surface area contributed by atoms with E-state index in [4.69, 9.17) is 0 Å². The van der Waals surface area contributed by atoms with Crippen molar-refractivity contribution in [3.8, 4) is 0 Å². The highest BCUT2D eigenvalue weighted by molar-refractivity contribution is 6.00. The third-order valence-electron chi connectivity index (χ3n) is 9.49. The largest absolute Gasteiger partial charge is 0.372 e. The molecule has 6 aliphatic rings. The lowest BCUT2D eigenvalue weighted by molar-refractivity contribution is -0.130. The molecule has 1 N–H and O–H groups in total. The normalized spacial score (nSPS) is 36.7. The van der Waals surface area contributed by atoms with Crippen molar-refractivity contribution >= 4 is 23.2 Å². The Kier molecular flexibility index (Phi) is 5.00. The van der Waals surface area contributed by atoms with Crippen LogP contribution in [0, 0.1) is 29.1 Å². The van der Waals surface area contributed by atoms with Crippen molar-refractivity contribution in [2.45, 2.75) is 70.8 Å². The van der Waals surface area contributed by atoms with Gasteiger partial charge in [-0.15, -0.1) is 0 Å². The number of anilines is 2. The van der Waals surface area contributed by atoms with Crippen molar-refractivity contribution in [1.29, 1.82) is 0 Å². The fraction of sp³-hybridized carbons (Fsp3) is 0.704. The van der Waals surface area contributed by atoms with Crippen molar-refractivity contribution in [1.82, 2.24) is 5.32 Å². The molecular formula is C27H37N3O2. The van der Waals surface area contributed by atoms with Gasteiger partial charge < -0.3 is 15.1 Å². The summed E-state index contributed by atoms with van der Waals surface area (Å²) in [6.07, 6.45) is 11.0. The van der Waals surface area contributed by atoms with Gasteiger partial charge in [-0.2, -0.15) is 0 Å². The molecule has 0 radical (unpaired) electrons. The Morgan fingerprint density at radius 2 is 1.53 bits per heavy atom. The van der Waals surface area contributed by atoms with Crippen LogP contribution in [0.25, 0.3) is 0 Å². The molecule has 2 heterocycles. The molecule has 5 nitrogen and oxygen atoms in total. The minimum atomic E-state index is -0.239. The average molecular weight is 436 g/mol. The van der Waals surface area contributed by atoms with E-state index >= 15 is 0 Å². The van der Waals surface area contributed by atoms with E-state index in [9.17, 15) is 9.59 Å². The van der Waals surface area contributed by atoms with Gasteiger partial charge in [-0.1, -0.05) is 0 Å². The van der Waals surface area contributed by atoms with E-state index < -0.39 is 0 Å². The molecule has 32 heavy (non-hydrogen) atoms. The number of nitrogens with one attached hydrogen (secondary N) is 1. The van der Waals surface area contributed by atoms with Gasteiger partial charge in [0.1, 0.15) is 0 Å². The maximum atomic E-state index is 13.2. The highest BCUT2D eigenvalue weighted by Crippen LogP contribution is 2.61. The molecule has 0 spiro atoms. The predicted molar refractivity (Wildman–Crippen MR) is 127 cm³/mol. The monoisotopic (exact) mass is 435 g/mol. The first-order chi connectivity index (χ1) is 15.5. The van der Waals surface area contributed by atoms with E-state index in [1.54, 1.807) is 0 Å². The highest BCUT2D eigenvalue weighted by Gasteiger charge is 2.53. The van der Waals surface area contributed by atoms with E-state index in [2.05, 4.69) is 29.3 Å². The molecule has 4 saturated carbocycles. The Hall–Kier alpha value is -2.04. The van der Waals surface area contributed by atoms with Crippen molar-refractivity contribution in [3.63, 3.8) is 0 Å². The second kappa shape index (κ2) is 7.78. The molecule has 172 valence electrons. The molecule has 2 saturated heterocycles. The zero-order valence-corrected chi connectivity index (χ0v) is 19.4. The number of carbonyl (C=O) groups is 2. The van der Waals surface area contributed by atoms with Gasteiger partial charge in [-0.25, -0.2) is 0 Å². The molecule has 4 bridgehead atoms. The quantitative estimate of drug-likeness (QED) is 0.748. The van der Waals surface area contributed by atoms with Gasteiger partial charge in [0.05, 0.1) is 5.92 Å². The standard InChI is InChI=1S/C27H37N3O2/c1-18(27-14-19-10-20(15-27)12-21(11-19)16-27)28-26(32)22-13-25(31)30(17-22)24-6-4-23(5-7-24)29-8-2-3-9-29/h4-7,18-22H,2-3,8-17H2,1H3,(H,28,32). The zero-order chi connectivity index (χ0) is 21.9. The molecule has 5 heteroatoms. The summed E-state index contributed by atoms with van der Waals surface area (Å²) in [7, 11) is 0. The van der Waals surface area contributed by atoms with Gasteiger partial charge in [-0.3, -0.25) is 9.59 Å². The Morgan fingerprint density at radius 1 is 0.969 bits per heavy atom. The average Bonchev–Trinajstić information content (AvgIpc) is 3.43. The van der Waals surface area contributed by atoms with Crippen LogP contribution in [0.1, 0.15) is 64.7 Å². The van der Waals surface area contributed by atoms with E-state index in [-0.39, 0.29) is 23.8 Å². The molecule has 2 unspecified atom stereocenters. The summed E-state index contributed by atoms with van der Waals surface area (Å²) in [5.74, 6) is 2.56. The Balaban J connectivity index is 1.09. The van der Waals surface area contributed by atoms with Crippen LogP contribution in [0.15, 0.2) is 24.3 Å². The van der Waals surface area contributed by atoms with Crippen molar-refractivity contribution < 1.29 is 9.59 Å². The minimum absolute atomic E-state index is 0.0709. The third-order valence-corrected chi connectivity index (χ3v) is 9.49. The van der Waals surface area contributed by atoms with E-state index in [1.165, 1.54) is 57.1 Å². The SMILES string of the molecule is CC(NC(=O)C1CC(=O)N(c2ccc(N3CCCC3)cc2)C1)C12CC3CC(CC(C3)C1)C2. The smallest absolute Gasteiger partial charge is 0.227 e. The fourth-order valence-electron chi connectivity index (χ4n) is 8.14. The Labute approximate surface area is 191 Å². The number of nitrogens with zero attached hydrogens (tertiary/aromatic N) is 2. The van der Waals surface area contributed by atoms with Crippen LogP contribution >= 0.6 is 0 Å². The van der Waals surface area contributed by atoms with Gasteiger partial charge in [0.25, 0.3) is 0 Å². The molecule has 0 aromatic heterocycles. The second-order valence-corrected chi connectivity index (χ2v) is 11.6. The molecule has 7 rings (SSSR count). The topological polar surface area (TPSA) is 52.7 Å². The number of amides is 2. The van der Waals surface area contributed by atoms with Crippen LogP contribution in [-0.4, -0.2) is 37.5 Å². The van der Waals surface area contributed by atoms with E-state index in [0.717, 1.165) is 36.5 Å². The van der Waals surface area contributed by atoms with Crippen molar-refractivity contribution in [3.05, 3.63) is 24.3 Å². The summed E-state index contributed by atoms with van der Waals surface area (Å²) in [4.78, 5) is 30.2. The summed E-state index contributed by atoms with van der Waals surface area (Å²) in [5.41, 5.74) is 2.46. The molecule has 1 aromatic rings. The maximum absolute atomic E-state index is 13.2. The zero-order valence-electron chi connectivity index (χ0n) is 19.4. The number of rotatable bonds is 5. The lowest BCUT2D eigenvalue weighted by Gasteiger charge is -2.59. The van der Waals surface area contributed by atoms with Gasteiger partial charge in [0, 0.05) is 43.5 Å². The van der Waals surface area contributed by atoms with Crippen LogP contribution < -0.4 is 15.1 Å². The first kappa shape index (κ1) is 20.6. The molecule has 1 aromatic carbocycles. The Bertz CT molecular complexity index is 853. The lowest BCUT2D eigenvalue weighted by Crippen LogP contribution is -2.56. The van der Waals surface area contributed by atoms with Crippen LogP contribution in [0.4, 0.5) is 11.4 Å². The summed E-state index contributed by atoms with van der Waals surface area (Å²) < 4.78 is 0. The second-order valence-electron chi connectivity index (χ2n) is 11.6. The number of benzene rings is 1. The van der Waals surface area contributed by atoms with Crippen LogP contribution in [0.2, 0.25) is 0 Å². The third kappa shape index (κ3) is 3.52. The van der Waals surface area contributed by atoms with Gasteiger partial charge >= 0.3 is 0 Å². The van der Waals surface area contributed by atoms with E-state index in [1.807, 2.05) is 17.0 Å². The summed E-state index contributed by atoms with van der Waals surface area (Å²) in [5, 5.41) is 3.39.